The monoisotopic (exact) mass is 472 g/mol. The van der Waals surface area contributed by atoms with Crippen molar-refractivity contribution in [3.8, 4) is 11.4 Å². The predicted molar refractivity (Wildman–Crippen MR) is 127 cm³/mol. The molecule has 0 bridgehead atoms. The Hall–Kier alpha value is -2.41. The standard InChI is InChI=1S/C24H26Cl2N4O2/c1-3-16-6-4-5-15(2)22(16)28-24(31)17-9-11-30(12-10-17)14-21-27-23(29-32-21)19-8-7-18(25)13-20(19)26/h4-8,13,17H,3,9-12,14H2,1-2H3,(H,28,31). The maximum Gasteiger partial charge on any atom is 0.241 e. The number of amides is 1. The van der Waals surface area contributed by atoms with Gasteiger partial charge in [-0.3, -0.25) is 9.69 Å². The first-order chi connectivity index (χ1) is 15.4. The van der Waals surface area contributed by atoms with Crippen molar-refractivity contribution in [2.75, 3.05) is 18.4 Å². The number of hydrogen-bond donors (Lipinski definition) is 1. The number of halogens is 2. The van der Waals surface area contributed by atoms with E-state index in [0.29, 0.717) is 33.9 Å². The highest BCUT2D eigenvalue weighted by atomic mass is 35.5. The van der Waals surface area contributed by atoms with Crippen LogP contribution in [0.5, 0.6) is 0 Å². The van der Waals surface area contributed by atoms with Crippen LogP contribution in [-0.2, 0) is 17.8 Å². The number of piperidine rings is 1. The number of nitrogens with one attached hydrogen (secondary N) is 1. The number of hydrogen-bond acceptors (Lipinski definition) is 5. The molecule has 0 saturated carbocycles. The summed E-state index contributed by atoms with van der Waals surface area (Å²) in [6.45, 7) is 6.28. The van der Waals surface area contributed by atoms with Crippen LogP contribution in [-0.4, -0.2) is 34.0 Å². The van der Waals surface area contributed by atoms with Crippen molar-refractivity contribution in [3.05, 3.63) is 63.5 Å². The zero-order valence-electron chi connectivity index (χ0n) is 18.2. The van der Waals surface area contributed by atoms with Gasteiger partial charge >= 0.3 is 0 Å². The van der Waals surface area contributed by atoms with Crippen molar-refractivity contribution < 1.29 is 9.32 Å². The van der Waals surface area contributed by atoms with Gasteiger partial charge in [-0.1, -0.05) is 53.5 Å². The van der Waals surface area contributed by atoms with E-state index in [1.165, 1.54) is 5.56 Å². The van der Waals surface area contributed by atoms with Crippen LogP contribution in [0.15, 0.2) is 40.9 Å². The molecule has 1 aliphatic rings. The van der Waals surface area contributed by atoms with Crippen LogP contribution in [0, 0.1) is 12.8 Å². The van der Waals surface area contributed by atoms with Gasteiger partial charge in [0.2, 0.25) is 17.6 Å². The fourth-order valence-corrected chi connectivity index (χ4v) is 4.56. The largest absolute Gasteiger partial charge is 0.338 e. The second-order valence-electron chi connectivity index (χ2n) is 8.14. The quantitative estimate of drug-likeness (QED) is 0.493. The van der Waals surface area contributed by atoms with Gasteiger partial charge in [-0.2, -0.15) is 4.98 Å². The van der Waals surface area contributed by atoms with E-state index in [0.717, 1.165) is 43.6 Å². The van der Waals surface area contributed by atoms with Crippen LogP contribution in [0.1, 0.15) is 36.8 Å². The molecule has 3 aromatic rings. The van der Waals surface area contributed by atoms with Gasteiger partial charge in [0, 0.05) is 22.2 Å². The lowest BCUT2D eigenvalue weighted by molar-refractivity contribution is -0.121. The summed E-state index contributed by atoms with van der Waals surface area (Å²) < 4.78 is 5.43. The lowest BCUT2D eigenvalue weighted by Crippen LogP contribution is -2.38. The van der Waals surface area contributed by atoms with E-state index in [-0.39, 0.29) is 11.8 Å². The second-order valence-corrected chi connectivity index (χ2v) is 8.98. The number of carbonyl (C=O) groups excluding carboxylic acids is 1. The number of para-hydroxylation sites is 1. The Labute approximate surface area is 197 Å². The molecule has 8 heteroatoms. The third-order valence-electron chi connectivity index (χ3n) is 5.95. The van der Waals surface area contributed by atoms with Crippen molar-refractivity contribution in [1.82, 2.24) is 15.0 Å². The number of aryl methyl sites for hydroxylation is 2. The molecule has 1 N–H and O–H groups in total. The zero-order valence-corrected chi connectivity index (χ0v) is 19.7. The van der Waals surface area contributed by atoms with Crippen molar-refractivity contribution in [2.24, 2.45) is 5.92 Å². The second kappa shape index (κ2) is 10.0. The SMILES string of the molecule is CCc1cccc(C)c1NC(=O)C1CCN(Cc2nc(-c3ccc(Cl)cc3Cl)no2)CC1. The summed E-state index contributed by atoms with van der Waals surface area (Å²) in [4.78, 5) is 19.6. The van der Waals surface area contributed by atoms with Gasteiger partial charge in [0.15, 0.2) is 0 Å². The van der Waals surface area contributed by atoms with Crippen LogP contribution in [0.25, 0.3) is 11.4 Å². The average molecular weight is 473 g/mol. The number of carbonyl (C=O) groups is 1. The summed E-state index contributed by atoms with van der Waals surface area (Å²) in [6, 6.07) is 11.3. The Kier molecular flexibility index (Phi) is 7.13. The lowest BCUT2D eigenvalue weighted by atomic mass is 9.95. The maximum absolute atomic E-state index is 12.9. The van der Waals surface area contributed by atoms with E-state index in [1.54, 1.807) is 18.2 Å². The molecule has 1 aromatic heterocycles. The summed E-state index contributed by atoms with van der Waals surface area (Å²) >= 11 is 12.2. The minimum Gasteiger partial charge on any atom is -0.338 e. The Bertz CT molecular complexity index is 1110. The van der Waals surface area contributed by atoms with Crippen LogP contribution in [0.4, 0.5) is 5.69 Å². The topological polar surface area (TPSA) is 71.3 Å². The lowest BCUT2D eigenvalue weighted by Gasteiger charge is -2.30. The number of likely N-dealkylation sites (tertiary alicyclic amines) is 1. The summed E-state index contributed by atoms with van der Waals surface area (Å²) in [5, 5.41) is 8.27. The molecule has 1 amide bonds. The number of nitrogens with zero attached hydrogens (tertiary/aromatic N) is 3. The highest BCUT2D eigenvalue weighted by Gasteiger charge is 2.27. The fraction of sp³-hybridized carbons (Fsp3) is 0.375. The first kappa shape index (κ1) is 22.8. The number of anilines is 1. The molecule has 0 atom stereocenters. The molecule has 0 radical (unpaired) electrons. The Balaban J connectivity index is 1.33. The predicted octanol–water partition coefficient (Wildman–Crippen LogP) is 5.76. The third kappa shape index (κ3) is 5.14. The molecule has 2 heterocycles. The van der Waals surface area contributed by atoms with E-state index in [4.69, 9.17) is 27.7 Å². The van der Waals surface area contributed by atoms with Crippen LogP contribution < -0.4 is 5.32 Å². The zero-order chi connectivity index (χ0) is 22.7. The number of rotatable bonds is 6. The minimum atomic E-state index is 0.00156. The molecule has 32 heavy (non-hydrogen) atoms. The highest BCUT2D eigenvalue weighted by Crippen LogP contribution is 2.29. The molecule has 1 saturated heterocycles. The van der Waals surface area contributed by atoms with E-state index in [9.17, 15) is 4.79 Å². The Morgan fingerprint density at radius 2 is 2.00 bits per heavy atom. The summed E-state index contributed by atoms with van der Waals surface area (Å²) in [5.74, 6) is 1.08. The van der Waals surface area contributed by atoms with Crippen molar-refractivity contribution >= 4 is 34.8 Å². The summed E-state index contributed by atoms with van der Waals surface area (Å²) in [5.41, 5.74) is 3.91. The fourth-order valence-electron chi connectivity index (χ4n) is 4.07. The molecular formula is C24H26Cl2N4O2. The van der Waals surface area contributed by atoms with Gasteiger partial charge in [-0.05, 0) is 68.6 Å². The highest BCUT2D eigenvalue weighted by molar-refractivity contribution is 6.36. The van der Waals surface area contributed by atoms with Crippen LogP contribution in [0.2, 0.25) is 10.0 Å². The molecule has 6 nitrogen and oxygen atoms in total. The van der Waals surface area contributed by atoms with Gasteiger partial charge in [0.1, 0.15) is 0 Å². The molecule has 0 unspecified atom stereocenters. The number of aromatic nitrogens is 2. The van der Waals surface area contributed by atoms with E-state index in [1.807, 2.05) is 19.1 Å². The minimum absolute atomic E-state index is 0.00156. The van der Waals surface area contributed by atoms with Crippen molar-refractivity contribution in [3.63, 3.8) is 0 Å². The molecule has 168 valence electrons. The van der Waals surface area contributed by atoms with Crippen LogP contribution in [0.3, 0.4) is 0 Å². The molecule has 2 aromatic carbocycles. The van der Waals surface area contributed by atoms with Gasteiger partial charge in [-0.25, -0.2) is 0 Å². The average Bonchev–Trinajstić information content (AvgIpc) is 3.23. The number of benzene rings is 2. The third-order valence-corrected chi connectivity index (χ3v) is 6.49. The summed E-state index contributed by atoms with van der Waals surface area (Å²) in [6.07, 6.45) is 2.48. The molecule has 0 aliphatic carbocycles. The Morgan fingerprint density at radius 3 is 2.72 bits per heavy atom. The van der Waals surface area contributed by atoms with E-state index in [2.05, 4.69) is 33.3 Å². The van der Waals surface area contributed by atoms with Crippen LogP contribution >= 0.6 is 23.2 Å². The maximum atomic E-state index is 12.9. The van der Waals surface area contributed by atoms with Crippen molar-refractivity contribution in [2.45, 2.75) is 39.7 Å². The van der Waals surface area contributed by atoms with E-state index >= 15 is 0 Å². The first-order valence-electron chi connectivity index (χ1n) is 10.8. The van der Waals surface area contributed by atoms with Gasteiger partial charge in [-0.15, -0.1) is 0 Å². The molecule has 1 fully saturated rings. The van der Waals surface area contributed by atoms with Crippen molar-refractivity contribution in [1.29, 1.82) is 0 Å². The van der Waals surface area contributed by atoms with Gasteiger partial charge in [0.25, 0.3) is 0 Å². The molecule has 1 aliphatic heterocycles. The Morgan fingerprint density at radius 1 is 1.22 bits per heavy atom. The molecule has 4 rings (SSSR count). The van der Waals surface area contributed by atoms with Gasteiger partial charge < -0.3 is 9.84 Å². The molecule has 0 spiro atoms. The normalized spacial score (nSPS) is 15.1. The molecular weight excluding hydrogens is 447 g/mol. The first-order valence-corrected chi connectivity index (χ1v) is 11.6. The summed E-state index contributed by atoms with van der Waals surface area (Å²) in [7, 11) is 0. The van der Waals surface area contributed by atoms with Gasteiger partial charge in [0.05, 0.1) is 11.6 Å². The smallest absolute Gasteiger partial charge is 0.241 e. The van der Waals surface area contributed by atoms with E-state index < -0.39 is 0 Å².